The monoisotopic (exact) mass is 434 g/mol. The van der Waals surface area contributed by atoms with Crippen molar-refractivity contribution in [3.63, 3.8) is 0 Å². The molecule has 0 spiro atoms. The smallest absolute Gasteiger partial charge is 0.233 e. The van der Waals surface area contributed by atoms with Crippen LogP contribution in [0.4, 0.5) is 22.1 Å². The third-order valence-electron chi connectivity index (χ3n) is 5.10. The molecule has 0 bridgehead atoms. The summed E-state index contributed by atoms with van der Waals surface area (Å²) in [6.45, 7) is 5.63. The van der Waals surface area contributed by atoms with Gasteiger partial charge in [0.25, 0.3) is 0 Å². The maximum atomic E-state index is 13.5. The van der Waals surface area contributed by atoms with Crippen molar-refractivity contribution in [3.8, 4) is 0 Å². The molecule has 166 valence electrons. The van der Waals surface area contributed by atoms with Gasteiger partial charge >= 0.3 is 0 Å². The molecule has 0 radical (unpaired) electrons. The lowest BCUT2D eigenvalue weighted by Gasteiger charge is -2.21. The average Bonchev–Trinajstić information content (AvgIpc) is 3.09. The van der Waals surface area contributed by atoms with Crippen LogP contribution in [0.15, 0.2) is 36.4 Å². The highest BCUT2D eigenvalue weighted by molar-refractivity contribution is 5.67. The van der Waals surface area contributed by atoms with Crippen LogP contribution in [0, 0.1) is 5.82 Å². The largest absolute Gasteiger partial charge is 0.339 e. The Morgan fingerprint density at radius 3 is 2.78 bits per heavy atom. The molecular formula is C23H27FN8. The maximum Gasteiger partial charge on any atom is 0.233 e. The Hall–Kier alpha value is -3.59. The number of allylic oxidation sites excluding steroid dienone is 1. The van der Waals surface area contributed by atoms with Crippen LogP contribution in [0.25, 0.3) is 18.2 Å². The maximum absolute atomic E-state index is 13.5. The molecule has 0 aliphatic carbocycles. The quantitative estimate of drug-likeness (QED) is 0.610. The predicted octanol–water partition coefficient (Wildman–Crippen LogP) is 3.82. The van der Waals surface area contributed by atoms with E-state index in [1.54, 1.807) is 18.2 Å². The summed E-state index contributed by atoms with van der Waals surface area (Å²) in [5.74, 6) is 1.84. The van der Waals surface area contributed by atoms with Crippen molar-refractivity contribution in [2.45, 2.75) is 13.3 Å². The number of rotatable bonds is 6. The van der Waals surface area contributed by atoms with E-state index in [1.165, 1.54) is 12.1 Å². The normalized spacial score (nSPS) is 15.5. The lowest BCUT2D eigenvalue weighted by atomic mass is 10.2. The van der Waals surface area contributed by atoms with Gasteiger partial charge in [-0.05, 0) is 56.8 Å². The SMILES string of the molecule is C/C=C/c1cc(Nc2nc(/C=C/c3cccc(F)c3)nc(N3CCCN(C)CC3)n2)n[nH]1. The number of hydrogen-bond donors (Lipinski definition) is 2. The van der Waals surface area contributed by atoms with Crippen LogP contribution in [0.3, 0.4) is 0 Å². The molecule has 3 heterocycles. The summed E-state index contributed by atoms with van der Waals surface area (Å²) >= 11 is 0. The molecule has 0 atom stereocenters. The number of aromatic nitrogens is 5. The molecule has 3 aromatic rings. The van der Waals surface area contributed by atoms with Crippen LogP contribution in [0.5, 0.6) is 0 Å². The highest BCUT2D eigenvalue weighted by Crippen LogP contribution is 2.18. The van der Waals surface area contributed by atoms with Gasteiger partial charge < -0.3 is 15.1 Å². The van der Waals surface area contributed by atoms with E-state index in [1.807, 2.05) is 31.2 Å². The summed E-state index contributed by atoms with van der Waals surface area (Å²) in [5.41, 5.74) is 1.62. The molecule has 1 aliphatic heterocycles. The summed E-state index contributed by atoms with van der Waals surface area (Å²) in [6.07, 6.45) is 8.46. The molecule has 0 unspecified atom stereocenters. The van der Waals surface area contributed by atoms with Crippen molar-refractivity contribution < 1.29 is 4.39 Å². The van der Waals surface area contributed by atoms with Gasteiger partial charge in [0.05, 0.1) is 5.69 Å². The minimum atomic E-state index is -0.282. The molecule has 0 amide bonds. The van der Waals surface area contributed by atoms with Crippen LogP contribution in [-0.4, -0.2) is 63.3 Å². The first-order chi connectivity index (χ1) is 15.6. The van der Waals surface area contributed by atoms with E-state index in [0.717, 1.165) is 43.9 Å². The number of hydrogen-bond acceptors (Lipinski definition) is 7. The second-order valence-electron chi connectivity index (χ2n) is 7.68. The molecular weight excluding hydrogens is 407 g/mol. The van der Waals surface area contributed by atoms with E-state index in [4.69, 9.17) is 0 Å². The van der Waals surface area contributed by atoms with Crippen LogP contribution in [0.1, 0.15) is 30.4 Å². The Labute approximate surface area is 186 Å². The molecule has 4 rings (SSSR count). The van der Waals surface area contributed by atoms with Crippen LogP contribution >= 0.6 is 0 Å². The van der Waals surface area contributed by atoms with E-state index in [-0.39, 0.29) is 5.82 Å². The summed E-state index contributed by atoms with van der Waals surface area (Å²) in [5, 5.41) is 10.4. The zero-order valence-corrected chi connectivity index (χ0v) is 18.3. The molecule has 1 fully saturated rings. The lowest BCUT2D eigenvalue weighted by Crippen LogP contribution is -2.30. The summed E-state index contributed by atoms with van der Waals surface area (Å²) in [6, 6.07) is 8.27. The third-order valence-corrected chi connectivity index (χ3v) is 5.10. The van der Waals surface area contributed by atoms with Crippen molar-refractivity contribution in [2.75, 3.05) is 43.4 Å². The average molecular weight is 435 g/mol. The molecule has 8 nitrogen and oxygen atoms in total. The van der Waals surface area contributed by atoms with E-state index >= 15 is 0 Å². The minimum Gasteiger partial charge on any atom is -0.339 e. The third kappa shape index (κ3) is 5.76. The van der Waals surface area contributed by atoms with Crippen molar-refractivity contribution >= 4 is 35.9 Å². The highest BCUT2D eigenvalue weighted by Gasteiger charge is 2.17. The van der Waals surface area contributed by atoms with Crippen LogP contribution in [0.2, 0.25) is 0 Å². The van der Waals surface area contributed by atoms with E-state index in [9.17, 15) is 4.39 Å². The van der Waals surface area contributed by atoms with Gasteiger partial charge in [0.15, 0.2) is 11.6 Å². The Morgan fingerprint density at radius 1 is 1.03 bits per heavy atom. The molecule has 2 aromatic heterocycles. The molecule has 1 aliphatic rings. The van der Waals surface area contributed by atoms with Gasteiger partial charge in [0.2, 0.25) is 11.9 Å². The van der Waals surface area contributed by atoms with Crippen LogP contribution < -0.4 is 10.2 Å². The van der Waals surface area contributed by atoms with Gasteiger partial charge in [-0.1, -0.05) is 24.3 Å². The molecule has 2 N–H and O–H groups in total. The van der Waals surface area contributed by atoms with Crippen molar-refractivity contribution in [2.24, 2.45) is 0 Å². The molecule has 9 heteroatoms. The Bertz CT molecular complexity index is 1110. The van der Waals surface area contributed by atoms with E-state index in [0.29, 0.717) is 23.5 Å². The standard InChI is InChI=1S/C23H27FN8/c1-3-6-19-16-21(30-29-19)26-22-25-20(10-9-17-7-4-8-18(24)15-17)27-23(28-22)32-12-5-11-31(2)13-14-32/h3-4,6-10,15-16H,5,11-14H2,1-2H3,(H2,25,26,27,28,29,30)/b6-3+,10-9+. The number of aromatic amines is 1. The van der Waals surface area contributed by atoms with Gasteiger partial charge in [0, 0.05) is 25.7 Å². The Balaban J connectivity index is 1.63. The highest BCUT2D eigenvalue weighted by atomic mass is 19.1. The van der Waals surface area contributed by atoms with Gasteiger partial charge in [-0.15, -0.1) is 0 Å². The number of nitrogens with zero attached hydrogens (tertiary/aromatic N) is 6. The first kappa shape index (κ1) is 21.6. The number of nitrogens with one attached hydrogen (secondary N) is 2. The van der Waals surface area contributed by atoms with E-state index in [2.05, 4.69) is 47.3 Å². The number of likely N-dealkylation sites (N-methyl/N-ethyl adjacent to an activating group) is 1. The van der Waals surface area contributed by atoms with Crippen molar-refractivity contribution in [3.05, 3.63) is 59.3 Å². The summed E-state index contributed by atoms with van der Waals surface area (Å²) < 4.78 is 13.5. The van der Waals surface area contributed by atoms with Crippen LogP contribution in [-0.2, 0) is 0 Å². The van der Waals surface area contributed by atoms with Gasteiger partial charge in [-0.2, -0.15) is 20.1 Å². The fourth-order valence-electron chi connectivity index (χ4n) is 3.46. The second kappa shape index (κ2) is 10.1. The van der Waals surface area contributed by atoms with Crippen molar-refractivity contribution in [1.82, 2.24) is 30.0 Å². The molecule has 1 saturated heterocycles. The Morgan fingerprint density at radius 2 is 1.94 bits per heavy atom. The fourth-order valence-corrected chi connectivity index (χ4v) is 3.46. The first-order valence-electron chi connectivity index (χ1n) is 10.7. The second-order valence-corrected chi connectivity index (χ2v) is 7.68. The number of benzene rings is 1. The number of H-pyrrole nitrogens is 1. The molecule has 32 heavy (non-hydrogen) atoms. The predicted molar refractivity (Wildman–Crippen MR) is 126 cm³/mol. The fraction of sp³-hybridized carbons (Fsp3) is 0.304. The number of anilines is 3. The summed E-state index contributed by atoms with van der Waals surface area (Å²) in [7, 11) is 2.12. The van der Waals surface area contributed by atoms with Gasteiger partial charge in [-0.3, -0.25) is 5.10 Å². The van der Waals surface area contributed by atoms with E-state index < -0.39 is 0 Å². The van der Waals surface area contributed by atoms with Gasteiger partial charge in [0.1, 0.15) is 5.82 Å². The topological polar surface area (TPSA) is 85.9 Å². The summed E-state index contributed by atoms with van der Waals surface area (Å²) in [4.78, 5) is 18.3. The van der Waals surface area contributed by atoms with Crippen molar-refractivity contribution in [1.29, 1.82) is 0 Å². The number of halogens is 1. The molecule has 0 saturated carbocycles. The Kier molecular flexibility index (Phi) is 6.86. The van der Waals surface area contributed by atoms with Gasteiger partial charge in [-0.25, -0.2) is 4.39 Å². The molecule has 1 aromatic carbocycles. The zero-order valence-electron chi connectivity index (χ0n) is 18.3. The zero-order chi connectivity index (χ0) is 22.3. The minimum absolute atomic E-state index is 0.282. The first-order valence-corrected chi connectivity index (χ1v) is 10.7. The lowest BCUT2D eigenvalue weighted by molar-refractivity contribution is 0.360.